The maximum Gasteiger partial charge on any atom is 0.0572 e. The van der Waals surface area contributed by atoms with Gasteiger partial charge in [-0.2, -0.15) is 0 Å². The molecule has 1 nitrogen and oxygen atoms in total. The molecular formula is C6H10Br2O. The van der Waals surface area contributed by atoms with Crippen molar-refractivity contribution in [1.82, 2.24) is 0 Å². The van der Waals surface area contributed by atoms with E-state index in [1.54, 1.807) is 6.92 Å². The average molecular weight is 258 g/mol. The van der Waals surface area contributed by atoms with E-state index in [1.165, 1.54) is 0 Å². The predicted molar refractivity (Wildman–Crippen MR) is 46.8 cm³/mol. The first-order chi connectivity index (χ1) is 4.04. The SMILES string of the molecule is C[C@H](O)[C@H](C)C=C(Br)Br. The molecule has 9 heavy (non-hydrogen) atoms. The Labute approximate surface area is 72.4 Å². The van der Waals surface area contributed by atoms with Crippen LogP contribution >= 0.6 is 31.9 Å². The van der Waals surface area contributed by atoms with Gasteiger partial charge in [-0.1, -0.05) is 13.0 Å². The topological polar surface area (TPSA) is 20.2 Å². The Morgan fingerprint density at radius 1 is 1.44 bits per heavy atom. The lowest BCUT2D eigenvalue weighted by atomic mass is 10.1. The van der Waals surface area contributed by atoms with Crippen molar-refractivity contribution < 1.29 is 5.11 Å². The minimum absolute atomic E-state index is 0.193. The van der Waals surface area contributed by atoms with Crippen LogP contribution in [0.1, 0.15) is 13.8 Å². The smallest absolute Gasteiger partial charge is 0.0572 e. The van der Waals surface area contributed by atoms with Crippen LogP contribution in [0.25, 0.3) is 0 Å². The molecular weight excluding hydrogens is 248 g/mol. The Bertz CT molecular complexity index is 106. The van der Waals surface area contributed by atoms with E-state index in [0.717, 1.165) is 3.39 Å². The molecule has 3 heteroatoms. The first-order valence-corrected chi connectivity index (χ1v) is 4.33. The maximum atomic E-state index is 8.98. The molecule has 1 N–H and O–H groups in total. The van der Waals surface area contributed by atoms with Gasteiger partial charge in [0.05, 0.1) is 9.50 Å². The third-order valence-corrected chi connectivity index (χ3v) is 1.68. The molecule has 0 heterocycles. The van der Waals surface area contributed by atoms with Gasteiger partial charge in [0, 0.05) is 5.92 Å². The Hall–Kier alpha value is 0.660. The Kier molecular flexibility index (Phi) is 4.80. The van der Waals surface area contributed by atoms with Crippen LogP contribution in [0.3, 0.4) is 0 Å². The van der Waals surface area contributed by atoms with Gasteiger partial charge in [-0.05, 0) is 38.8 Å². The second-order valence-corrected chi connectivity index (χ2v) is 4.83. The summed E-state index contributed by atoms with van der Waals surface area (Å²) in [6, 6.07) is 0. The van der Waals surface area contributed by atoms with Gasteiger partial charge in [-0.15, -0.1) is 0 Å². The van der Waals surface area contributed by atoms with Crippen molar-refractivity contribution in [3.8, 4) is 0 Å². The van der Waals surface area contributed by atoms with Crippen LogP contribution in [0.15, 0.2) is 9.47 Å². The number of hydrogen-bond donors (Lipinski definition) is 1. The van der Waals surface area contributed by atoms with Crippen LogP contribution < -0.4 is 0 Å². The standard InChI is InChI=1S/C6H10Br2O/c1-4(5(2)9)3-6(7)8/h3-5,9H,1-2H3/t4-,5+/m1/s1. The highest BCUT2D eigenvalue weighted by Gasteiger charge is 2.04. The van der Waals surface area contributed by atoms with Crippen molar-refractivity contribution in [2.45, 2.75) is 20.0 Å². The molecule has 0 bridgehead atoms. The Balaban J connectivity index is 3.76. The number of halogens is 2. The van der Waals surface area contributed by atoms with Gasteiger partial charge < -0.3 is 5.11 Å². The number of aliphatic hydroxyl groups excluding tert-OH is 1. The summed E-state index contributed by atoms with van der Waals surface area (Å²) < 4.78 is 0.892. The molecule has 0 saturated carbocycles. The summed E-state index contributed by atoms with van der Waals surface area (Å²) in [5.41, 5.74) is 0. The van der Waals surface area contributed by atoms with E-state index in [1.807, 2.05) is 13.0 Å². The highest BCUT2D eigenvalue weighted by molar-refractivity contribution is 9.28. The zero-order valence-electron chi connectivity index (χ0n) is 5.44. The normalized spacial score (nSPS) is 16.6. The molecule has 54 valence electrons. The molecule has 0 unspecified atom stereocenters. The van der Waals surface area contributed by atoms with Crippen molar-refractivity contribution in [3.63, 3.8) is 0 Å². The average Bonchev–Trinajstić information content (AvgIpc) is 1.63. The van der Waals surface area contributed by atoms with Crippen LogP contribution in [0.5, 0.6) is 0 Å². The van der Waals surface area contributed by atoms with E-state index in [0.29, 0.717) is 0 Å². The van der Waals surface area contributed by atoms with E-state index in [2.05, 4.69) is 31.9 Å². The molecule has 0 aliphatic heterocycles. The third-order valence-electron chi connectivity index (χ3n) is 1.15. The molecule has 0 spiro atoms. The second kappa shape index (κ2) is 4.47. The third kappa shape index (κ3) is 5.12. The zero-order valence-corrected chi connectivity index (χ0v) is 8.61. The first kappa shape index (κ1) is 9.66. The van der Waals surface area contributed by atoms with Crippen molar-refractivity contribution in [3.05, 3.63) is 9.47 Å². The van der Waals surface area contributed by atoms with Crippen LogP contribution in [-0.4, -0.2) is 11.2 Å². The van der Waals surface area contributed by atoms with E-state index >= 15 is 0 Å². The van der Waals surface area contributed by atoms with Crippen molar-refractivity contribution in [1.29, 1.82) is 0 Å². The molecule has 0 radical (unpaired) electrons. The van der Waals surface area contributed by atoms with Crippen LogP contribution in [0, 0.1) is 5.92 Å². The summed E-state index contributed by atoms with van der Waals surface area (Å²) in [4.78, 5) is 0. The molecule has 0 aromatic heterocycles. The zero-order chi connectivity index (χ0) is 7.44. The second-order valence-electron chi connectivity index (χ2n) is 2.06. The molecule has 0 rings (SSSR count). The quantitative estimate of drug-likeness (QED) is 0.807. The van der Waals surface area contributed by atoms with E-state index in [9.17, 15) is 0 Å². The molecule has 0 fully saturated rings. The van der Waals surface area contributed by atoms with Crippen molar-refractivity contribution >= 4 is 31.9 Å². The van der Waals surface area contributed by atoms with Gasteiger partial charge in [-0.25, -0.2) is 0 Å². The van der Waals surface area contributed by atoms with E-state index < -0.39 is 0 Å². The highest BCUT2D eigenvalue weighted by atomic mass is 79.9. The highest BCUT2D eigenvalue weighted by Crippen LogP contribution is 2.17. The summed E-state index contributed by atoms with van der Waals surface area (Å²) in [5, 5.41) is 8.98. The molecule has 0 amide bonds. The molecule has 2 atom stereocenters. The van der Waals surface area contributed by atoms with Gasteiger partial charge in [-0.3, -0.25) is 0 Å². The Morgan fingerprint density at radius 3 is 2.00 bits per heavy atom. The van der Waals surface area contributed by atoms with Crippen molar-refractivity contribution in [2.24, 2.45) is 5.92 Å². The van der Waals surface area contributed by atoms with Gasteiger partial charge in [0.25, 0.3) is 0 Å². The summed E-state index contributed by atoms with van der Waals surface area (Å²) in [6.45, 7) is 3.72. The fraction of sp³-hybridized carbons (Fsp3) is 0.667. The Morgan fingerprint density at radius 2 is 1.89 bits per heavy atom. The minimum atomic E-state index is -0.282. The fourth-order valence-corrected chi connectivity index (χ4v) is 1.17. The molecule has 0 aliphatic carbocycles. The number of hydrogen-bond acceptors (Lipinski definition) is 1. The molecule has 0 aliphatic rings. The van der Waals surface area contributed by atoms with Crippen LogP contribution in [0.2, 0.25) is 0 Å². The lowest BCUT2D eigenvalue weighted by molar-refractivity contribution is 0.157. The molecule has 0 saturated heterocycles. The number of aliphatic hydroxyl groups is 1. The number of rotatable bonds is 2. The van der Waals surface area contributed by atoms with E-state index in [-0.39, 0.29) is 12.0 Å². The van der Waals surface area contributed by atoms with Gasteiger partial charge in [0.1, 0.15) is 0 Å². The van der Waals surface area contributed by atoms with Gasteiger partial charge in [0.15, 0.2) is 0 Å². The van der Waals surface area contributed by atoms with Crippen LogP contribution in [-0.2, 0) is 0 Å². The van der Waals surface area contributed by atoms with Crippen LogP contribution in [0.4, 0.5) is 0 Å². The lowest BCUT2D eigenvalue weighted by Crippen LogP contribution is -2.09. The van der Waals surface area contributed by atoms with Crippen molar-refractivity contribution in [2.75, 3.05) is 0 Å². The summed E-state index contributed by atoms with van der Waals surface area (Å²) >= 11 is 6.42. The van der Waals surface area contributed by atoms with Gasteiger partial charge in [0.2, 0.25) is 0 Å². The fourth-order valence-electron chi connectivity index (χ4n) is 0.338. The summed E-state index contributed by atoms with van der Waals surface area (Å²) in [7, 11) is 0. The minimum Gasteiger partial charge on any atom is -0.393 e. The lowest BCUT2D eigenvalue weighted by Gasteiger charge is -2.08. The monoisotopic (exact) mass is 256 g/mol. The molecule has 0 aromatic carbocycles. The maximum absolute atomic E-state index is 8.98. The predicted octanol–water partition coefficient (Wildman–Crippen LogP) is 2.63. The van der Waals surface area contributed by atoms with E-state index in [4.69, 9.17) is 5.11 Å². The van der Waals surface area contributed by atoms with Gasteiger partial charge >= 0.3 is 0 Å². The summed E-state index contributed by atoms with van der Waals surface area (Å²) in [6.07, 6.45) is 1.63. The summed E-state index contributed by atoms with van der Waals surface area (Å²) in [5.74, 6) is 0.193. The first-order valence-electron chi connectivity index (χ1n) is 2.75. The largest absolute Gasteiger partial charge is 0.393 e. The molecule has 0 aromatic rings.